The molecule has 0 unspecified atom stereocenters. The second-order valence-electron chi connectivity index (χ2n) is 6.20. The van der Waals surface area contributed by atoms with Crippen molar-refractivity contribution in [1.29, 1.82) is 0 Å². The van der Waals surface area contributed by atoms with Gasteiger partial charge in [-0.05, 0) is 31.4 Å². The van der Waals surface area contributed by atoms with E-state index < -0.39 is 28.8 Å². The predicted octanol–water partition coefficient (Wildman–Crippen LogP) is 3.84. The molecule has 0 bridgehead atoms. The average Bonchev–Trinajstić information content (AvgIpc) is 3.19. The van der Waals surface area contributed by atoms with E-state index >= 15 is 0 Å². The first-order chi connectivity index (χ1) is 12.3. The molecular formula is C16H14ClF4N5O. The van der Waals surface area contributed by atoms with E-state index in [1.165, 1.54) is 18.2 Å². The standard InChI is InChI=1S/C16H13F4N5O.ClH/c17-10-4-1-2-5-11(10)25-12(16(18,19)20)9(8-22-25)13-23-14(24-26-13)15(21)6-3-7-15;/h1-2,4-5,8H,3,6-7,21H2;1H. The van der Waals surface area contributed by atoms with Gasteiger partial charge in [-0.3, -0.25) is 0 Å². The summed E-state index contributed by atoms with van der Waals surface area (Å²) in [5, 5.41) is 7.41. The maximum Gasteiger partial charge on any atom is 0.434 e. The Balaban J connectivity index is 0.00000210. The van der Waals surface area contributed by atoms with Crippen molar-refractivity contribution >= 4 is 12.4 Å². The van der Waals surface area contributed by atoms with Crippen LogP contribution < -0.4 is 5.73 Å². The molecule has 2 N–H and O–H groups in total. The third-order valence-corrected chi connectivity index (χ3v) is 4.47. The van der Waals surface area contributed by atoms with Crippen LogP contribution in [0.4, 0.5) is 17.6 Å². The lowest BCUT2D eigenvalue weighted by molar-refractivity contribution is -0.142. The Morgan fingerprint density at radius 2 is 1.89 bits per heavy atom. The lowest BCUT2D eigenvalue weighted by Gasteiger charge is -2.34. The van der Waals surface area contributed by atoms with Crippen LogP contribution in [0.15, 0.2) is 35.0 Å². The van der Waals surface area contributed by atoms with Crippen molar-refractivity contribution in [2.24, 2.45) is 5.73 Å². The molecule has 1 saturated carbocycles. The van der Waals surface area contributed by atoms with Gasteiger partial charge in [-0.1, -0.05) is 17.3 Å². The van der Waals surface area contributed by atoms with E-state index in [-0.39, 0.29) is 29.8 Å². The lowest BCUT2D eigenvalue weighted by Crippen LogP contribution is -2.44. The molecule has 0 saturated heterocycles. The zero-order valence-electron chi connectivity index (χ0n) is 13.7. The van der Waals surface area contributed by atoms with Crippen LogP contribution in [0.2, 0.25) is 0 Å². The zero-order chi connectivity index (χ0) is 18.5. The van der Waals surface area contributed by atoms with Crippen LogP contribution in [0.3, 0.4) is 0 Å². The second-order valence-corrected chi connectivity index (χ2v) is 6.20. The molecule has 6 nitrogen and oxygen atoms in total. The second kappa shape index (κ2) is 6.61. The van der Waals surface area contributed by atoms with Crippen LogP contribution in [0.25, 0.3) is 17.1 Å². The Hall–Kier alpha value is -2.46. The Morgan fingerprint density at radius 1 is 1.19 bits per heavy atom. The largest absolute Gasteiger partial charge is 0.434 e. The minimum Gasteiger partial charge on any atom is -0.334 e. The minimum absolute atomic E-state index is 0. The van der Waals surface area contributed by atoms with Gasteiger partial charge in [-0.15, -0.1) is 12.4 Å². The third-order valence-electron chi connectivity index (χ3n) is 4.47. The molecule has 0 spiro atoms. The van der Waals surface area contributed by atoms with E-state index in [1.807, 2.05) is 0 Å². The summed E-state index contributed by atoms with van der Waals surface area (Å²) in [7, 11) is 0. The summed E-state index contributed by atoms with van der Waals surface area (Å²) >= 11 is 0. The molecular weight excluding hydrogens is 390 g/mol. The summed E-state index contributed by atoms with van der Waals surface area (Å²) in [4.78, 5) is 4.03. The van der Waals surface area contributed by atoms with Gasteiger partial charge < -0.3 is 10.3 Å². The van der Waals surface area contributed by atoms with Gasteiger partial charge in [-0.25, -0.2) is 9.07 Å². The molecule has 1 aliphatic carbocycles. The molecule has 0 amide bonds. The number of rotatable bonds is 3. The van der Waals surface area contributed by atoms with Crippen LogP contribution in [0.1, 0.15) is 30.8 Å². The number of benzene rings is 1. The van der Waals surface area contributed by atoms with Crippen molar-refractivity contribution < 1.29 is 22.1 Å². The number of alkyl halides is 3. The number of halogens is 5. The van der Waals surface area contributed by atoms with Crippen molar-refractivity contribution in [3.05, 3.63) is 47.8 Å². The summed E-state index contributed by atoms with van der Waals surface area (Å²) in [5.74, 6) is -1.04. The number of aromatic nitrogens is 4. The number of hydrogen-bond donors (Lipinski definition) is 1. The maximum absolute atomic E-state index is 14.0. The fourth-order valence-electron chi connectivity index (χ4n) is 2.90. The smallest absolute Gasteiger partial charge is 0.334 e. The first-order valence-corrected chi connectivity index (χ1v) is 7.83. The minimum atomic E-state index is -4.82. The molecule has 4 rings (SSSR count). The van der Waals surface area contributed by atoms with Crippen LogP contribution in [0.5, 0.6) is 0 Å². The van der Waals surface area contributed by atoms with Crippen molar-refractivity contribution in [1.82, 2.24) is 19.9 Å². The van der Waals surface area contributed by atoms with Gasteiger partial charge in [0.2, 0.25) is 0 Å². The van der Waals surface area contributed by atoms with Gasteiger partial charge in [0.15, 0.2) is 11.5 Å². The first-order valence-electron chi connectivity index (χ1n) is 7.83. The molecule has 2 aromatic heterocycles. The Morgan fingerprint density at radius 3 is 2.48 bits per heavy atom. The summed E-state index contributed by atoms with van der Waals surface area (Å²) in [6.45, 7) is 0. The van der Waals surface area contributed by atoms with E-state index in [0.717, 1.165) is 18.7 Å². The first kappa shape index (κ1) is 19.3. The highest BCUT2D eigenvalue weighted by molar-refractivity contribution is 5.85. The Kier molecular flexibility index (Phi) is 4.73. The molecule has 0 aliphatic heterocycles. The van der Waals surface area contributed by atoms with E-state index in [1.54, 1.807) is 0 Å². The summed E-state index contributed by atoms with van der Waals surface area (Å²) < 4.78 is 60.5. The summed E-state index contributed by atoms with van der Waals surface area (Å²) in [6.07, 6.45) is -1.74. The number of nitrogens with zero attached hydrogens (tertiary/aromatic N) is 4. The molecule has 1 aliphatic rings. The van der Waals surface area contributed by atoms with Crippen molar-refractivity contribution in [3.8, 4) is 17.1 Å². The Bertz CT molecular complexity index is 964. The fraction of sp³-hybridized carbons (Fsp3) is 0.312. The molecule has 1 fully saturated rings. The van der Waals surface area contributed by atoms with Gasteiger partial charge in [0.05, 0.1) is 17.3 Å². The Labute approximate surface area is 156 Å². The van der Waals surface area contributed by atoms with Crippen LogP contribution in [-0.2, 0) is 11.7 Å². The van der Waals surface area contributed by atoms with Gasteiger partial charge in [-0.2, -0.15) is 23.3 Å². The lowest BCUT2D eigenvalue weighted by atomic mass is 9.77. The van der Waals surface area contributed by atoms with E-state index in [4.69, 9.17) is 10.3 Å². The highest BCUT2D eigenvalue weighted by atomic mass is 35.5. The highest BCUT2D eigenvalue weighted by Crippen LogP contribution is 2.40. The topological polar surface area (TPSA) is 82.8 Å². The monoisotopic (exact) mass is 403 g/mol. The SMILES string of the molecule is Cl.NC1(c2noc(-c3cnn(-c4ccccc4F)c3C(F)(F)F)n2)CCC1. The van der Waals surface area contributed by atoms with Crippen LogP contribution in [0, 0.1) is 5.82 Å². The highest BCUT2D eigenvalue weighted by Gasteiger charge is 2.43. The van der Waals surface area contributed by atoms with E-state index in [0.29, 0.717) is 17.5 Å². The molecule has 2 heterocycles. The quantitative estimate of drug-likeness (QED) is 0.672. The fourth-order valence-corrected chi connectivity index (χ4v) is 2.90. The summed E-state index contributed by atoms with van der Waals surface area (Å²) in [6, 6.07) is 5.04. The van der Waals surface area contributed by atoms with Gasteiger partial charge >= 0.3 is 6.18 Å². The summed E-state index contributed by atoms with van der Waals surface area (Å²) in [5.41, 5.74) is 3.34. The maximum atomic E-state index is 14.0. The molecule has 11 heteroatoms. The average molecular weight is 404 g/mol. The van der Waals surface area contributed by atoms with Gasteiger partial charge in [0.25, 0.3) is 5.89 Å². The third kappa shape index (κ3) is 3.19. The molecule has 1 aromatic carbocycles. The number of hydrogen-bond acceptors (Lipinski definition) is 5. The van der Waals surface area contributed by atoms with Crippen molar-refractivity contribution in [2.75, 3.05) is 0 Å². The van der Waals surface area contributed by atoms with Crippen LogP contribution in [-0.4, -0.2) is 19.9 Å². The zero-order valence-corrected chi connectivity index (χ0v) is 14.5. The van der Waals surface area contributed by atoms with Gasteiger partial charge in [0, 0.05) is 0 Å². The van der Waals surface area contributed by atoms with Crippen LogP contribution >= 0.6 is 12.4 Å². The molecule has 0 atom stereocenters. The van der Waals surface area contributed by atoms with E-state index in [9.17, 15) is 17.6 Å². The molecule has 27 heavy (non-hydrogen) atoms. The predicted molar refractivity (Wildman–Crippen MR) is 88.8 cm³/mol. The normalized spacial score (nSPS) is 15.9. The van der Waals surface area contributed by atoms with Crippen molar-refractivity contribution in [2.45, 2.75) is 31.0 Å². The molecule has 0 radical (unpaired) electrons. The van der Waals surface area contributed by atoms with E-state index in [2.05, 4.69) is 15.2 Å². The number of nitrogens with two attached hydrogens (primary N) is 1. The van der Waals surface area contributed by atoms with Crippen molar-refractivity contribution in [3.63, 3.8) is 0 Å². The molecule has 3 aromatic rings. The molecule has 144 valence electrons. The van der Waals surface area contributed by atoms with Gasteiger partial charge in [0.1, 0.15) is 11.5 Å². The number of para-hydroxylation sites is 1.